The number of rotatable bonds is 2. The van der Waals surface area contributed by atoms with Gasteiger partial charge >= 0.3 is 0 Å². The molecule has 0 aromatic carbocycles. The molecule has 0 bridgehead atoms. The summed E-state index contributed by atoms with van der Waals surface area (Å²) in [6, 6.07) is 0. The van der Waals surface area contributed by atoms with Gasteiger partial charge in [-0.25, -0.2) is 0 Å². The van der Waals surface area contributed by atoms with Crippen LogP contribution in [-0.2, 0) is 9.47 Å². The van der Waals surface area contributed by atoms with Crippen LogP contribution in [0.4, 0.5) is 0 Å². The Labute approximate surface area is 79.6 Å². The topological polar surface area (TPSA) is 21.8 Å². The molecule has 3 fully saturated rings. The van der Waals surface area contributed by atoms with E-state index in [9.17, 15) is 0 Å². The van der Waals surface area contributed by atoms with Crippen LogP contribution in [0.3, 0.4) is 0 Å². The molecule has 0 radical (unpaired) electrons. The van der Waals surface area contributed by atoms with Gasteiger partial charge in [-0.1, -0.05) is 0 Å². The Hall–Kier alpha value is -0.0800. The van der Waals surface area contributed by atoms with Crippen LogP contribution in [0.25, 0.3) is 0 Å². The van der Waals surface area contributed by atoms with E-state index in [0.717, 1.165) is 19.1 Å². The van der Waals surface area contributed by atoms with Crippen molar-refractivity contribution >= 4 is 0 Å². The summed E-state index contributed by atoms with van der Waals surface area (Å²) >= 11 is 0. The van der Waals surface area contributed by atoms with Gasteiger partial charge in [0.05, 0.1) is 18.3 Å². The predicted octanol–water partition coefficient (Wildman–Crippen LogP) is 2.12. The molecule has 2 heteroatoms. The summed E-state index contributed by atoms with van der Waals surface area (Å²) in [6.45, 7) is 2.02. The SMILES string of the molecule is C1CC2(C1)CC(CC1CO1)CCO2. The molecule has 1 spiro atoms. The molecule has 3 rings (SSSR count). The van der Waals surface area contributed by atoms with Crippen LogP contribution in [0.5, 0.6) is 0 Å². The normalized spacial score (nSPS) is 41.5. The first-order chi connectivity index (χ1) is 6.36. The lowest BCUT2D eigenvalue weighted by Gasteiger charge is -2.47. The van der Waals surface area contributed by atoms with E-state index in [2.05, 4.69) is 0 Å². The van der Waals surface area contributed by atoms with Crippen molar-refractivity contribution in [1.82, 2.24) is 0 Å². The number of hydrogen-bond acceptors (Lipinski definition) is 2. The predicted molar refractivity (Wildman–Crippen MR) is 49.6 cm³/mol. The Balaban J connectivity index is 1.56. The van der Waals surface area contributed by atoms with Crippen molar-refractivity contribution in [2.75, 3.05) is 13.2 Å². The van der Waals surface area contributed by atoms with Crippen molar-refractivity contribution in [3.8, 4) is 0 Å². The van der Waals surface area contributed by atoms with Crippen molar-refractivity contribution in [3.63, 3.8) is 0 Å². The molecule has 1 aliphatic carbocycles. The molecule has 0 aromatic rings. The van der Waals surface area contributed by atoms with E-state index in [1.165, 1.54) is 38.5 Å². The fraction of sp³-hybridized carbons (Fsp3) is 1.00. The zero-order valence-corrected chi connectivity index (χ0v) is 8.13. The van der Waals surface area contributed by atoms with Crippen LogP contribution < -0.4 is 0 Å². The van der Waals surface area contributed by atoms with Crippen LogP contribution in [-0.4, -0.2) is 24.9 Å². The molecule has 2 aliphatic heterocycles. The van der Waals surface area contributed by atoms with Gasteiger partial charge in [-0.3, -0.25) is 0 Å². The Morgan fingerprint density at radius 3 is 2.77 bits per heavy atom. The fourth-order valence-corrected chi connectivity index (χ4v) is 2.83. The maximum atomic E-state index is 5.89. The highest BCUT2D eigenvalue weighted by atomic mass is 16.6. The summed E-state index contributed by atoms with van der Waals surface area (Å²) < 4.78 is 11.2. The van der Waals surface area contributed by atoms with Gasteiger partial charge in [0.2, 0.25) is 0 Å². The third kappa shape index (κ3) is 1.62. The maximum Gasteiger partial charge on any atom is 0.0812 e. The molecular weight excluding hydrogens is 164 g/mol. The Morgan fingerprint density at radius 2 is 2.15 bits per heavy atom. The van der Waals surface area contributed by atoms with E-state index in [0.29, 0.717) is 11.7 Å². The standard InChI is InChI=1S/C11H18O2/c1-3-11(4-1)7-9(2-5-13-11)6-10-8-12-10/h9-10H,1-8H2. The van der Waals surface area contributed by atoms with Gasteiger partial charge in [-0.05, 0) is 44.4 Å². The third-order valence-electron chi connectivity index (χ3n) is 3.86. The molecule has 2 atom stereocenters. The van der Waals surface area contributed by atoms with Gasteiger partial charge in [0.1, 0.15) is 0 Å². The van der Waals surface area contributed by atoms with Crippen molar-refractivity contribution in [2.45, 2.75) is 50.2 Å². The minimum atomic E-state index is 0.331. The first-order valence-electron chi connectivity index (χ1n) is 5.62. The minimum Gasteiger partial charge on any atom is -0.375 e. The maximum absolute atomic E-state index is 5.89. The van der Waals surface area contributed by atoms with Crippen molar-refractivity contribution < 1.29 is 9.47 Å². The molecule has 0 aromatic heterocycles. The molecule has 3 aliphatic rings. The molecule has 2 heterocycles. The molecule has 0 amide bonds. The number of epoxide rings is 1. The minimum absolute atomic E-state index is 0.331. The summed E-state index contributed by atoms with van der Waals surface area (Å²) in [5.74, 6) is 0.890. The molecule has 2 unspecified atom stereocenters. The monoisotopic (exact) mass is 182 g/mol. The second kappa shape index (κ2) is 2.96. The van der Waals surface area contributed by atoms with E-state index in [1.54, 1.807) is 0 Å². The second-order valence-corrected chi connectivity index (χ2v) is 4.93. The average molecular weight is 182 g/mol. The summed E-state index contributed by atoms with van der Waals surface area (Å²) in [6.07, 6.45) is 8.50. The highest BCUT2D eigenvalue weighted by Crippen LogP contribution is 2.45. The summed E-state index contributed by atoms with van der Waals surface area (Å²) in [4.78, 5) is 0. The lowest BCUT2D eigenvalue weighted by atomic mass is 9.71. The highest BCUT2D eigenvalue weighted by molar-refractivity contribution is 4.94. The molecule has 13 heavy (non-hydrogen) atoms. The lowest BCUT2D eigenvalue weighted by Crippen LogP contribution is -2.45. The van der Waals surface area contributed by atoms with Crippen LogP contribution in [0.2, 0.25) is 0 Å². The van der Waals surface area contributed by atoms with Gasteiger partial charge in [0, 0.05) is 6.61 Å². The van der Waals surface area contributed by atoms with Crippen molar-refractivity contribution in [3.05, 3.63) is 0 Å². The zero-order valence-electron chi connectivity index (χ0n) is 8.13. The third-order valence-corrected chi connectivity index (χ3v) is 3.86. The Bertz CT molecular complexity index is 194. The van der Waals surface area contributed by atoms with Crippen LogP contribution in [0.15, 0.2) is 0 Å². The van der Waals surface area contributed by atoms with E-state index >= 15 is 0 Å². The number of hydrogen-bond donors (Lipinski definition) is 0. The Kier molecular flexibility index (Phi) is 1.88. The first-order valence-corrected chi connectivity index (χ1v) is 5.62. The van der Waals surface area contributed by atoms with Gasteiger partial charge < -0.3 is 9.47 Å². The molecular formula is C11H18O2. The van der Waals surface area contributed by atoms with E-state index in [-0.39, 0.29) is 0 Å². The first kappa shape index (κ1) is 8.25. The van der Waals surface area contributed by atoms with Crippen LogP contribution in [0, 0.1) is 5.92 Å². The second-order valence-electron chi connectivity index (χ2n) is 4.93. The summed E-state index contributed by atoms with van der Waals surface area (Å²) in [7, 11) is 0. The van der Waals surface area contributed by atoms with Crippen molar-refractivity contribution in [1.29, 1.82) is 0 Å². The highest BCUT2D eigenvalue weighted by Gasteiger charge is 2.43. The molecule has 1 saturated carbocycles. The fourth-order valence-electron chi connectivity index (χ4n) is 2.83. The average Bonchev–Trinajstić information content (AvgIpc) is 2.86. The van der Waals surface area contributed by atoms with Crippen LogP contribution >= 0.6 is 0 Å². The molecule has 74 valence electrons. The van der Waals surface area contributed by atoms with E-state index in [1.807, 2.05) is 0 Å². The van der Waals surface area contributed by atoms with E-state index < -0.39 is 0 Å². The van der Waals surface area contributed by atoms with Gasteiger partial charge in [-0.15, -0.1) is 0 Å². The van der Waals surface area contributed by atoms with Crippen molar-refractivity contribution in [2.24, 2.45) is 5.92 Å². The largest absolute Gasteiger partial charge is 0.375 e. The van der Waals surface area contributed by atoms with Gasteiger partial charge in [0.15, 0.2) is 0 Å². The van der Waals surface area contributed by atoms with Gasteiger partial charge in [0.25, 0.3) is 0 Å². The van der Waals surface area contributed by atoms with Gasteiger partial charge in [-0.2, -0.15) is 0 Å². The lowest BCUT2D eigenvalue weighted by molar-refractivity contribution is -0.144. The Morgan fingerprint density at radius 1 is 1.31 bits per heavy atom. The number of ether oxygens (including phenoxy) is 2. The molecule has 2 saturated heterocycles. The summed E-state index contributed by atoms with van der Waals surface area (Å²) in [5, 5.41) is 0. The molecule has 0 N–H and O–H groups in total. The zero-order chi connectivity index (χ0) is 8.73. The smallest absolute Gasteiger partial charge is 0.0812 e. The quantitative estimate of drug-likeness (QED) is 0.610. The molecule has 2 nitrogen and oxygen atoms in total. The summed E-state index contributed by atoms with van der Waals surface area (Å²) in [5.41, 5.74) is 0.331. The van der Waals surface area contributed by atoms with Crippen LogP contribution in [0.1, 0.15) is 38.5 Å². The van der Waals surface area contributed by atoms with E-state index in [4.69, 9.17) is 9.47 Å².